The van der Waals surface area contributed by atoms with Gasteiger partial charge in [-0.15, -0.1) is 0 Å². The third-order valence-corrected chi connectivity index (χ3v) is 3.43. The van der Waals surface area contributed by atoms with Crippen LogP contribution in [0.2, 0.25) is 0 Å². The lowest BCUT2D eigenvalue weighted by Gasteiger charge is -2.08. The Bertz CT molecular complexity index is 840. The fourth-order valence-electron chi connectivity index (χ4n) is 1.76. The van der Waals surface area contributed by atoms with Crippen LogP contribution in [0.25, 0.3) is 4.85 Å². The van der Waals surface area contributed by atoms with Crippen molar-refractivity contribution in [2.75, 3.05) is 5.32 Å². The second-order valence-corrected chi connectivity index (χ2v) is 5.08. The molecule has 0 aliphatic rings. The number of nitrogens with zero attached hydrogens (tertiary/aromatic N) is 4. The van der Waals surface area contributed by atoms with Crippen LogP contribution in [0.3, 0.4) is 0 Å². The largest absolute Gasteiger partial charge is 0.468 e. The Balaban J connectivity index is 1.81. The SMILES string of the molecule is [C-]#[N+]c1ccccc1Oc1ccnc(Nc2nc(C)ns2)c1. The third-order valence-electron chi connectivity index (χ3n) is 2.71. The van der Waals surface area contributed by atoms with Crippen LogP contribution in [0.4, 0.5) is 16.6 Å². The summed E-state index contributed by atoms with van der Waals surface area (Å²) in [6.07, 6.45) is 1.63. The average molecular weight is 309 g/mol. The zero-order valence-corrected chi connectivity index (χ0v) is 12.5. The van der Waals surface area contributed by atoms with Crippen LogP contribution in [-0.4, -0.2) is 14.3 Å². The Kier molecular flexibility index (Phi) is 3.94. The molecule has 1 N–H and O–H groups in total. The number of nitrogens with one attached hydrogen (secondary N) is 1. The van der Waals surface area contributed by atoms with Gasteiger partial charge in [0.2, 0.25) is 10.8 Å². The minimum atomic E-state index is 0.466. The van der Waals surface area contributed by atoms with E-state index in [2.05, 4.69) is 24.5 Å². The lowest BCUT2D eigenvalue weighted by atomic mass is 10.3. The van der Waals surface area contributed by atoms with Gasteiger partial charge in [0.25, 0.3) is 0 Å². The molecular weight excluding hydrogens is 298 g/mol. The minimum Gasteiger partial charge on any atom is -0.468 e. The molecule has 0 fully saturated rings. The molecule has 0 aliphatic carbocycles. The Morgan fingerprint density at radius 3 is 2.91 bits per heavy atom. The molecule has 108 valence electrons. The second kappa shape index (κ2) is 6.20. The number of hydrogen-bond acceptors (Lipinski definition) is 6. The van der Waals surface area contributed by atoms with Crippen LogP contribution >= 0.6 is 11.5 Å². The first-order chi connectivity index (χ1) is 10.7. The zero-order valence-electron chi connectivity index (χ0n) is 11.6. The number of para-hydroxylation sites is 2. The van der Waals surface area contributed by atoms with Gasteiger partial charge in [-0.2, -0.15) is 4.37 Å². The number of pyridine rings is 1. The van der Waals surface area contributed by atoms with Crippen LogP contribution < -0.4 is 10.1 Å². The van der Waals surface area contributed by atoms with Crippen molar-refractivity contribution in [3.05, 3.63) is 59.8 Å². The Morgan fingerprint density at radius 2 is 2.14 bits per heavy atom. The quantitative estimate of drug-likeness (QED) is 0.727. The first kappa shape index (κ1) is 14.0. The molecule has 0 bridgehead atoms. The van der Waals surface area contributed by atoms with E-state index in [0.717, 1.165) is 0 Å². The average Bonchev–Trinajstić information content (AvgIpc) is 2.93. The summed E-state index contributed by atoms with van der Waals surface area (Å²) in [5, 5.41) is 3.74. The lowest BCUT2D eigenvalue weighted by molar-refractivity contribution is 0.485. The number of anilines is 2. The number of hydrogen-bond donors (Lipinski definition) is 1. The van der Waals surface area contributed by atoms with Crippen molar-refractivity contribution >= 4 is 28.2 Å². The minimum absolute atomic E-state index is 0.466. The molecule has 22 heavy (non-hydrogen) atoms. The van der Waals surface area contributed by atoms with Crippen molar-refractivity contribution in [1.29, 1.82) is 0 Å². The van der Waals surface area contributed by atoms with Gasteiger partial charge in [0, 0.05) is 23.8 Å². The molecule has 6 nitrogen and oxygen atoms in total. The van der Waals surface area contributed by atoms with E-state index >= 15 is 0 Å². The highest BCUT2D eigenvalue weighted by molar-refractivity contribution is 7.09. The highest BCUT2D eigenvalue weighted by atomic mass is 32.1. The molecule has 3 rings (SSSR count). The number of aryl methyl sites for hydroxylation is 1. The number of benzene rings is 1. The van der Waals surface area contributed by atoms with E-state index in [9.17, 15) is 0 Å². The maximum absolute atomic E-state index is 7.15. The molecule has 0 saturated carbocycles. The van der Waals surface area contributed by atoms with E-state index in [1.807, 2.05) is 13.0 Å². The summed E-state index contributed by atoms with van der Waals surface area (Å²) in [5.41, 5.74) is 0.466. The van der Waals surface area contributed by atoms with Gasteiger partial charge in [0.1, 0.15) is 23.1 Å². The number of aromatic nitrogens is 3. The van der Waals surface area contributed by atoms with Crippen LogP contribution in [0.5, 0.6) is 11.5 Å². The van der Waals surface area contributed by atoms with Crippen molar-refractivity contribution in [1.82, 2.24) is 14.3 Å². The molecule has 0 saturated heterocycles. The molecule has 0 spiro atoms. The van der Waals surface area contributed by atoms with Gasteiger partial charge in [-0.05, 0) is 19.1 Å². The zero-order chi connectivity index (χ0) is 15.4. The van der Waals surface area contributed by atoms with Crippen LogP contribution in [0.1, 0.15) is 5.82 Å². The highest BCUT2D eigenvalue weighted by Gasteiger charge is 2.06. The summed E-state index contributed by atoms with van der Waals surface area (Å²) in [4.78, 5) is 11.9. The maximum atomic E-state index is 7.15. The fourth-order valence-corrected chi connectivity index (χ4v) is 2.35. The van der Waals surface area contributed by atoms with Crippen molar-refractivity contribution in [2.45, 2.75) is 6.92 Å². The Morgan fingerprint density at radius 1 is 1.27 bits per heavy atom. The summed E-state index contributed by atoms with van der Waals surface area (Å²) < 4.78 is 9.86. The van der Waals surface area contributed by atoms with Crippen molar-refractivity contribution in [3.8, 4) is 11.5 Å². The molecule has 3 aromatic rings. The monoisotopic (exact) mass is 309 g/mol. The highest BCUT2D eigenvalue weighted by Crippen LogP contribution is 2.32. The molecule has 0 amide bonds. The van der Waals surface area contributed by atoms with Crippen molar-refractivity contribution in [2.24, 2.45) is 0 Å². The summed E-state index contributed by atoms with van der Waals surface area (Å²) in [7, 11) is 0. The van der Waals surface area contributed by atoms with Gasteiger partial charge in [-0.3, -0.25) is 0 Å². The van der Waals surface area contributed by atoms with Gasteiger partial charge in [-0.1, -0.05) is 18.2 Å². The van der Waals surface area contributed by atoms with Gasteiger partial charge in [0.05, 0.1) is 6.57 Å². The first-order valence-electron chi connectivity index (χ1n) is 6.42. The van der Waals surface area contributed by atoms with E-state index in [1.54, 1.807) is 36.5 Å². The molecule has 1 aromatic carbocycles. The summed E-state index contributed by atoms with van der Waals surface area (Å²) >= 11 is 1.27. The van der Waals surface area contributed by atoms with Crippen LogP contribution in [0.15, 0.2) is 42.6 Å². The molecule has 0 unspecified atom stereocenters. The van der Waals surface area contributed by atoms with Gasteiger partial charge < -0.3 is 10.1 Å². The standard InChI is InChI=1S/C15H11N5OS/c1-10-18-15(22-20-10)19-14-9-11(7-8-17-14)21-13-6-4-3-5-12(13)16-2/h3-9H,1H3,(H,17,18,19,20). The van der Waals surface area contributed by atoms with Crippen LogP contribution in [-0.2, 0) is 0 Å². The van der Waals surface area contributed by atoms with Crippen molar-refractivity contribution in [3.63, 3.8) is 0 Å². The summed E-state index contributed by atoms with van der Waals surface area (Å²) in [6, 6.07) is 10.6. The number of ether oxygens (including phenoxy) is 1. The lowest BCUT2D eigenvalue weighted by Crippen LogP contribution is -1.93. The Hall–Kier alpha value is -2.98. The molecule has 2 heterocycles. The summed E-state index contributed by atoms with van der Waals surface area (Å²) in [5.74, 6) is 2.43. The summed E-state index contributed by atoms with van der Waals surface area (Å²) in [6.45, 7) is 8.98. The predicted octanol–water partition coefficient (Wildman–Crippen LogP) is 4.33. The molecule has 0 atom stereocenters. The molecule has 0 radical (unpaired) electrons. The van der Waals surface area contributed by atoms with E-state index in [1.165, 1.54) is 11.5 Å². The normalized spacial score (nSPS) is 10.0. The molecule has 7 heteroatoms. The van der Waals surface area contributed by atoms with E-state index < -0.39 is 0 Å². The van der Waals surface area contributed by atoms with E-state index in [4.69, 9.17) is 11.3 Å². The van der Waals surface area contributed by atoms with Gasteiger partial charge in [-0.25, -0.2) is 14.8 Å². The molecule has 0 aliphatic heterocycles. The first-order valence-corrected chi connectivity index (χ1v) is 7.19. The van der Waals surface area contributed by atoms with Gasteiger partial charge >= 0.3 is 0 Å². The second-order valence-electron chi connectivity index (χ2n) is 4.33. The molecular formula is C15H11N5OS. The van der Waals surface area contributed by atoms with E-state index in [-0.39, 0.29) is 0 Å². The van der Waals surface area contributed by atoms with Crippen molar-refractivity contribution < 1.29 is 4.74 Å². The van der Waals surface area contributed by atoms with Crippen LogP contribution in [0, 0.1) is 13.5 Å². The van der Waals surface area contributed by atoms with Gasteiger partial charge in [0.15, 0.2) is 0 Å². The maximum Gasteiger partial charge on any atom is 0.228 e. The predicted molar refractivity (Wildman–Crippen MR) is 84.9 cm³/mol. The third kappa shape index (κ3) is 3.19. The topological polar surface area (TPSA) is 64.3 Å². The Labute approximate surface area is 131 Å². The smallest absolute Gasteiger partial charge is 0.228 e. The number of rotatable bonds is 4. The fraction of sp³-hybridized carbons (Fsp3) is 0.0667. The molecule has 2 aromatic heterocycles. The van der Waals surface area contributed by atoms with E-state index in [0.29, 0.717) is 34.0 Å².